The lowest BCUT2D eigenvalue weighted by atomic mass is 9.97. The quantitative estimate of drug-likeness (QED) is 0.729. The van der Waals surface area contributed by atoms with E-state index in [-0.39, 0.29) is 11.8 Å². The van der Waals surface area contributed by atoms with Gasteiger partial charge in [0.15, 0.2) is 5.13 Å². The zero-order valence-electron chi connectivity index (χ0n) is 14.8. The highest BCUT2D eigenvalue weighted by molar-refractivity contribution is 7.15. The molecule has 0 radical (unpaired) electrons. The molecule has 4 heterocycles. The smallest absolute Gasteiger partial charge is 0.259 e. The Morgan fingerprint density at radius 2 is 2.12 bits per heavy atom. The number of anilines is 1. The summed E-state index contributed by atoms with van der Waals surface area (Å²) in [5.74, 6) is 0.507. The minimum absolute atomic E-state index is 0.197. The van der Waals surface area contributed by atoms with E-state index in [2.05, 4.69) is 25.8 Å². The summed E-state index contributed by atoms with van der Waals surface area (Å²) in [5, 5.41) is 11.7. The second kappa shape index (κ2) is 7.13. The van der Waals surface area contributed by atoms with Crippen LogP contribution in [-0.4, -0.2) is 34.1 Å². The lowest BCUT2D eigenvalue weighted by molar-refractivity contribution is 0.102. The van der Waals surface area contributed by atoms with Gasteiger partial charge in [-0.05, 0) is 43.8 Å². The van der Waals surface area contributed by atoms with Crippen LogP contribution in [-0.2, 0) is 0 Å². The first-order valence-corrected chi connectivity index (χ1v) is 9.66. The second-order valence-electron chi connectivity index (χ2n) is 6.85. The average molecular weight is 371 g/mol. The van der Waals surface area contributed by atoms with Crippen LogP contribution < -0.4 is 10.6 Å². The molecule has 1 fully saturated rings. The molecule has 1 aliphatic rings. The molecule has 1 amide bonds. The van der Waals surface area contributed by atoms with Crippen molar-refractivity contribution in [2.45, 2.75) is 38.5 Å². The highest BCUT2D eigenvalue weighted by Crippen LogP contribution is 2.32. The standard InChI is InChI=1S/C18H21N5O2S/c1-10(2)15-13-7-12(8-20-17(13)25-23-15)16(24)22-18-21-9-14(26-18)11-3-5-19-6-4-11/h7-11,19H,3-6H2,1-2H3,(H,21,22,24). The SMILES string of the molecule is CC(C)c1noc2ncc(C(=O)Nc3ncc(C4CCNCC4)s3)cc12. The summed E-state index contributed by atoms with van der Waals surface area (Å²) in [5.41, 5.74) is 1.73. The van der Waals surface area contributed by atoms with Crippen molar-refractivity contribution < 1.29 is 9.32 Å². The molecule has 136 valence electrons. The van der Waals surface area contributed by atoms with E-state index in [1.807, 2.05) is 20.0 Å². The van der Waals surface area contributed by atoms with E-state index in [4.69, 9.17) is 4.52 Å². The molecule has 0 unspecified atom stereocenters. The maximum Gasteiger partial charge on any atom is 0.259 e. The number of piperidine rings is 1. The number of thiazole rings is 1. The topological polar surface area (TPSA) is 92.9 Å². The van der Waals surface area contributed by atoms with Crippen molar-refractivity contribution in [3.05, 3.63) is 34.6 Å². The molecule has 3 aromatic rings. The van der Waals surface area contributed by atoms with Gasteiger partial charge in [-0.25, -0.2) is 9.97 Å². The Morgan fingerprint density at radius 3 is 2.88 bits per heavy atom. The molecular formula is C18H21N5O2S. The Labute approximate surface area is 155 Å². The Balaban J connectivity index is 1.52. The number of amides is 1. The van der Waals surface area contributed by atoms with Gasteiger partial charge in [0.1, 0.15) is 0 Å². The monoisotopic (exact) mass is 371 g/mol. The number of carbonyl (C=O) groups excluding carboxylic acids is 1. The first kappa shape index (κ1) is 17.1. The van der Waals surface area contributed by atoms with Crippen LogP contribution in [0.1, 0.15) is 59.5 Å². The Morgan fingerprint density at radius 1 is 1.31 bits per heavy atom. The van der Waals surface area contributed by atoms with Crippen molar-refractivity contribution in [1.29, 1.82) is 0 Å². The highest BCUT2D eigenvalue weighted by atomic mass is 32.1. The van der Waals surface area contributed by atoms with Crippen molar-refractivity contribution in [2.24, 2.45) is 0 Å². The van der Waals surface area contributed by atoms with Gasteiger partial charge < -0.3 is 9.84 Å². The molecule has 0 spiro atoms. The van der Waals surface area contributed by atoms with Crippen molar-refractivity contribution in [1.82, 2.24) is 20.4 Å². The van der Waals surface area contributed by atoms with Crippen LogP contribution in [0, 0.1) is 0 Å². The molecule has 0 aliphatic carbocycles. The predicted molar refractivity (Wildman–Crippen MR) is 101 cm³/mol. The normalized spacial score (nSPS) is 15.7. The summed E-state index contributed by atoms with van der Waals surface area (Å²) in [4.78, 5) is 22.4. The van der Waals surface area contributed by atoms with Gasteiger partial charge in [0.25, 0.3) is 11.6 Å². The fourth-order valence-electron chi connectivity index (χ4n) is 3.20. The molecule has 1 aliphatic heterocycles. The summed E-state index contributed by atoms with van der Waals surface area (Å²) in [6, 6.07) is 1.78. The third-order valence-corrected chi connectivity index (χ3v) is 5.73. The summed E-state index contributed by atoms with van der Waals surface area (Å²) in [6.45, 7) is 6.13. The number of carbonyl (C=O) groups is 1. The zero-order valence-corrected chi connectivity index (χ0v) is 15.6. The van der Waals surface area contributed by atoms with Crippen molar-refractivity contribution >= 4 is 33.5 Å². The van der Waals surface area contributed by atoms with Crippen molar-refractivity contribution in [2.75, 3.05) is 18.4 Å². The van der Waals surface area contributed by atoms with Crippen LogP contribution in [0.25, 0.3) is 11.1 Å². The molecule has 2 N–H and O–H groups in total. The summed E-state index contributed by atoms with van der Waals surface area (Å²) >= 11 is 1.55. The van der Waals surface area contributed by atoms with E-state index in [0.29, 0.717) is 22.3 Å². The van der Waals surface area contributed by atoms with Gasteiger partial charge in [0, 0.05) is 17.3 Å². The van der Waals surface area contributed by atoms with Crippen LogP contribution in [0.3, 0.4) is 0 Å². The van der Waals surface area contributed by atoms with Gasteiger partial charge in [0.05, 0.1) is 16.6 Å². The van der Waals surface area contributed by atoms with E-state index in [1.165, 1.54) is 11.1 Å². The highest BCUT2D eigenvalue weighted by Gasteiger charge is 2.19. The number of hydrogen-bond acceptors (Lipinski definition) is 7. The molecule has 3 aromatic heterocycles. The second-order valence-corrected chi connectivity index (χ2v) is 7.91. The van der Waals surface area contributed by atoms with Crippen LogP contribution in [0.2, 0.25) is 0 Å². The number of pyridine rings is 1. The average Bonchev–Trinajstić information content (AvgIpc) is 3.28. The predicted octanol–water partition coefficient (Wildman–Crippen LogP) is 3.52. The van der Waals surface area contributed by atoms with Crippen LogP contribution >= 0.6 is 11.3 Å². The number of nitrogens with zero attached hydrogens (tertiary/aromatic N) is 3. The number of fused-ring (bicyclic) bond motifs is 1. The summed E-state index contributed by atoms with van der Waals surface area (Å²) in [7, 11) is 0. The number of rotatable bonds is 4. The molecule has 0 aromatic carbocycles. The van der Waals surface area contributed by atoms with Crippen molar-refractivity contribution in [3.8, 4) is 0 Å². The van der Waals surface area contributed by atoms with Gasteiger partial charge in [-0.15, -0.1) is 11.3 Å². The van der Waals surface area contributed by atoms with Gasteiger partial charge in [-0.2, -0.15) is 0 Å². The molecule has 0 atom stereocenters. The Hall–Kier alpha value is -2.32. The van der Waals surface area contributed by atoms with E-state index in [1.54, 1.807) is 17.4 Å². The largest absolute Gasteiger partial charge is 0.336 e. The third kappa shape index (κ3) is 3.34. The first-order chi connectivity index (χ1) is 12.6. The van der Waals surface area contributed by atoms with Crippen LogP contribution in [0.15, 0.2) is 23.0 Å². The molecule has 0 bridgehead atoms. The van der Waals surface area contributed by atoms with Gasteiger partial charge in [-0.3, -0.25) is 10.1 Å². The molecule has 4 rings (SSSR count). The maximum absolute atomic E-state index is 12.6. The minimum Gasteiger partial charge on any atom is -0.336 e. The van der Waals surface area contributed by atoms with E-state index < -0.39 is 0 Å². The molecular weight excluding hydrogens is 350 g/mol. The first-order valence-electron chi connectivity index (χ1n) is 8.85. The molecule has 1 saturated heterocycles. The lowest BCUT2D eigenvalue weighted by Crippen LogP contribution is -2.26. The fraction of sp³-hybridized carbons (Fsp3) is 0.444. The number of hydrogen-bond donors (Lipinski definition) is 2. The zero-order chi connectivity index (χ0) is 18.1. The van der Waals surface area contributed by atoms with Crippen molar-refractivity contribution in [3.63, 3.8) is 0 Å². The summed E-state index contributed by atoms with van der Waals surface area (Å²) < 4.78 is 5.23. The van der Waals surface area contributed by atoms with E-state index in [0.717, 1.165) is 37.0 Å². The molecule has 8 heteroatoms. The Bertz CT molecular complexity index is 927. The maximum atomic E-state index is 12.6. The lowest BCUT2D eigenvalue weighted by Gasteiger charge is -2.20. The van der Waals surface area contributed by atoms with Gasteiger partial charge >= 0.3 is 0 Å². The van der Waals surface area contributed by atoms with Crippen LogP contribution in [0.5, 0.6) is 0 Å². The van der Waals surface area contributed by atoms with Gasteiger partial charge in [0.2, 0.25) is 0 Å². The summed E-state index contributed by atoms with van der Waals surface area (Å²) in [6.07, 6.45) is 5.62. The molecule has 26 heavy (non-hydrogen) atoms. The fourth-order valence-corrected chi connectivity index (χ4v) is 4.18. The minimum atomic E-state index is -0.221. The van der Waals surface area contributed by atoms with Crippen LogP contribution in [0.4, 0.5) is 5.13 Å². The third-order valence-electron chi connectivity index (χ3n) is 4.65. The van der Waals surface area contributed by atoms with E-state index >= 15 is 0 Å². The van der Waals surface area contributed by atoms with E-state index in [9.17, 15) is 4.79 Å². The Kier molecular flexibility index (Phi) is 4.69. The van der Waals surface area contributed by atoms with Gasteiger partial charge in [-0.1, -0.05) is 19.0 Å². The molecule has 7 nitrogen and oxygen atoms in total. The number of nitrogens with one attached hydrogen (secondary N) is 2. The number of aromatic nitrogens is 3. The molecule has 0 saturated carbocycles.